The van der Waals surface area contributed by atoms with E-state index in [1.807, 2.05) is 11.3 Å². The van der Waals surface area contributed by atoms with Crippen LogP contribution in [0.2, 0.25) is 0 Å². The number of hydrogen-bond acceptors (Lipinski definition) is 4. The molecule has 2 fully saturated rings. The van der Waals surface area contributed by atoms with Crippen molar-refractivity contribution < 1.29 is 0 Å². The van der Waals surface area contributed by atoms with Crippen molar-refractivity contribution in [3.8, 4) is 0 Å². The Morgan fingerprint density at radius 1 is 1.40 bits per heavy atom. The molecule has 3 nitrogen and oxygen atoms in total. The van der Waals surface area contributed by atoms with Crippen LogP contribution in [0.5, 0.6) is 0 Å². The number of aromatic nitrogens is 1. The van der Waals surface area contributed by atoms with Crippen LogP contribution in [0, 0.1) is 5.92 Å². The highest BCUT2D eigenvalue weighted by Crippen LogP contribution is 2.34. The zero-order valence-electron chi connectivity index (χ0n) is 13.0. The van der Waals surface area contributed by atoms with Gasteiger partial charge >= 0.3 is 0 Å². The summed E-state index contributed by atoms with van der Waals surface area (Å²) in [5.41, 5.74) is 1.41. The minimum absolute atomic E-state index is 0.172. The van der Waals surface area contributed by atoms with Crippen LogP contribution < -0.4 is 5.32 Å². The van der Waals surface area contributed by atoms with Crippen LogP contribution in [0.3, 0.4) is 0 Å². The lowest BCUT2D eigenvalue weighted by atomic mass is 9.93. The lowest BCUT2D eigenvalue weighted by Crippen LogP contribution is -2.38. The van der Waals surface area contributed by atoms with E-state index in [0.717, 1.165) is 18.5 Å². The van der Waals surface area contributed by atoms with E-state index in [2.05, 4.69) is 36.4 Å². The molecule has 0 aromatic carbocycles. The van der Waals surface area contributed by atoms with Gasteiger partial charge in [-0.1, -0.05) is 20.8 Å². The second-order valence-corrected chi connectivity index (χ2v) is 8.31. The first-order valence-electron chi connectivity index (χ1n) is 7.93. The Morgan fingerprint density at radius 3 is 2.85 bits per heavy atom. The zero-order valence-corrected chi connectivity index (χ0v) is 13.8. The van der Waals surface area contributed by atoms with Crippen molar-refractivity contribution in [1.82, 2.24) is 15.2 Å². The summed E-state index contributed by atoms with van der Waals surface area (Å²) in [5.74, 6) is 0.942. The number of nitrogens with one attached hydrogen (secondary N) is 1. The molecule has 1 aliphatic carbocycles. The number of thiazole rings is 1. The zero-order chi connectivity index (χ0) is 14.2. The topological polar surface area (TPSA) is 28.2 Å². The van der Waals surface area contributed by atoms with Gasteiger partial charge in [0.25, 0.3) is 0 Å². The van der Waals surface area contributed by atoms with E-state index in [9.17, 15) is 0 Å². The molecular formula is C16H27N3S. The van der Waals surface area contributed by atoms with Crippen LogP contribution in [0.15, 0.2) is 5.38 Å². The smallest absolute Gasteiger partial charge is 0.107 e. The van der Waals surface area contributed by atoms with Crippen molar-refractivity contribution >= 4 is 11.3 Å². The van der Waals surface area contributed by atoms with Crippen molar-refractivity contribution in [1.29, 1.82) is 0 Å². The van der Waals surface area contributed by atoms with Gasteiger partial charge < -0.3 is 5.32 Å². The molecule has 0 bridgehead atoms. The number of hydrogen-bond donors (Lipinski definition) is 1. The molecular weight excluding hydrogens is 266 g/mol. The van der Waals surface area contributed by atoms with Gasteiger partial charge in [-0.15, -0.1) is 11.3 Å². The molecule has 1 aromatic heterocycles. The number of nitrogens with zero attached hydrogens (tertiary/aromatic N) is 2. The monoisotopic (exact) mass is 293 g/mol. The summed E-state index contributed by atoms with van der Waals surface area (Å²) in [5, 5.41) is 7.25. The molecule has 2 heterocycles. The van der Waals surface area contributed by atoms with Crippen LogP contribution in [0.4, 0.5) is 0 Å². The Kier molecular flexibility index (Phi) is 4.16. The SMILES string of the molecule is CC(C)(C)c1csc(CN2CCCNC(C3CC3)C2)n1. The first-order chi connectivity index (χ1) is 9.52. The van der Waals surface area contributed by atoms with Crippen molar-refractivity contribution in [3.63, 3.8) is 0 Å². The molecule has 2 aliphatic rings. The Labute approximate surface area is 126 Å². The van der Waals surface area contributed by atoms with E-state index < -0.39 is 0 Å². The van der Waals surface area contributed by atoms with Crippen molar-refractivity contribution in [2.45, 2.75) is 58.0 Å². The van der Waals surface area contributed by atoms with Gasteiger partial charge in [-0.3, -0.25) is 4.90 Å². The molecule has 112 valence electrons. The van der Waals surface area contributed by atoms with Gasteiger partial charge in [0.15, 0.2) is 0 Å². The van der Waals surface area contributed by atoms with Crippen LogP contribution in [-0.4, -0.2) is 35.6 Å². The molecule has 1 unspecified atom stereocenters. The second-order valence-electron chi connectivity index (χ2n) is 7.36. The maximum atomic E-state index is 4.85. The summed E-state index contributed by atoms with van der Waals surface area (Å²) in [6.07, 6.45) is 4.12. The summed E-state index contributed by atoms with van der Waals surface area (Å²) < 4.78 is 0. The summed E-state index contributed by atoms with van der Waals surface area (Å²) in [4.78, 5) is 7.45. The summed E-state index contributed by atoms with van der Waals surface area (Å²) in [6.45, 7) is 11.4. The van der Waals surface area contributed by atoms with E-state index in [1.165, 1.54) is 49.6 Å². The van der Waals surface area contributed by atoms with Gasteiger partial charge in [0.05, 0.1) is 12.2 Å². The third-order valence-corrected chi connectivity index (χ3v) is 5.22. The maximum Gasteiger partial charge on any atom is 0.107 e. The fourth-order valence-corrected chi connectivity index (χ4v) is 3.96. The van der Waals surface area contributed by atoms with Crippen molar-refractivity contribution in [2.75, 3.05) is 19.6 Å². The quantitative estimate of drug-likeness (QED) is 0.928. The van der Waals surface area contributed by atoms with Gasteiger partial charge in [-0.25, -0.2) is 4.98 Å². The van der Waals surface area contributed by atoms with E-state index in [-0.39, 0.29) is 5.41 Å². The highest BCUT2D eigenvalue weighted by molar-refractivity contribution is 7.09. The van der Waals surface area contributed by atoms with Gasteiger partial charge in [-0.2, -0.15) is 0 Å². The normalized spacial score (nSPS) is 25.6. The van der Waals surface area contributed by atoms with E-state index >= 15 is 0 Å². The van der Waals surface area contributed by atoms with Crippen LogP contribution in [-0.2, 0) is 12.0 Å². The fourth-order valence-electron chi connectivity index (χ4n) is 2.90. The molecule has 0 spiro atoms. The third kappa shape index (κ3) is 3.60. The number of rotatable bonds is 3. The first-order valence-corrected chi connectivity index (χ1v) is 8.81. The minimum Gasteiger partial charge on any atom is -0.312 e. The van der Waals surface area contributed by atoms with Gasteiger partial charge in [0.2, 0.25) is 0 Å². The standard InChI is InChI=1S/C16H27N3S/c1-16(2,3)14-11-20-15(18-14)10-19-8-4-7-17-13(9-19)12-5-6-12/h11-13,17H,4-10H2,1-3H3. The molecule has 1 atom stereocenters. The maximum absolute atomic E-state index is 4.85. The average molecular weight is 293 g/mol. The largest absolute Gasteiger partial charge is 0.312 e. The molecule has 0 amide bonds. The summed E-state index contributed by atoms with van der Waals surface area (Å²) in [7, 11) is 0. The lowest BCUT2D eigenvalue weighted by Gasteiger charge is -2.23. The van der Waals surface area contributed by atoms with E-state index in [4.69, 9.17) is 4.98 Å². The Hall–Kier alpha value is -0.450. The minimum atomic E-state index is 0.172. The molecule has 1 aromatic rings. The molecule has 1 saturated heterocycles. The molecule has 1 saturated carbocycles. The third-order valence-electron chi connectivity index (χ3n) is 4.38. The Morgan fingerprint density at radius 2 is 2.20 bits per heavy atom. The average Bonchev–Trinajstić information content (AvgIpc) is 3.13. The molecule has 20 heavy (non-hydrogen) atoms. The van der Waals surface area contributed by atoms with Gasteiger partial charge in [-0.05, 0) is 38.3 Å². The first kappa shape index (κ1) is 14.5. The van der Waals surface area contributed by atoms with Gasteiger partial charge in [0.1, 0.15) is 5.01 Å². The molecule has 1 N–H and O–H groups in total. The van der Waals surface area contributed by atoms with Crippen LogP contribution >= 0.6 is 11.3 Å². The second kappa shape index (κ2) is 5.74. The molecule has 1 aliphatic heterocycles. The summed E-state index contributed by atoms with van der Waals surface area (Å²) >= 11 is 1.83. The predicted molar refractivity (Wildman–Crippen MR) is 85.2 cm³/mol. The Balaban J connectivity index is 1.62. The molecule has 3 rings (SSSR count). The van der Waals surface area contributed by atoms with Crippen LogP contribution in [0.1, 0.15) is 50.7 Å². The highest BCUT2D eigenvalue weighted by Gasteiger charge is 2.33. The highest BCUT2D eigenvalue weighted by atomic mass is 32.1. The van der Waals surface area contributed by atoms with Gasteiger partial charge in [0, 0.05) is 23.4 Å². The molecule has 4 heteroatoms. The Bertz CT molecular complexity index is 445. The van der Waals surface area contributed by atoms with E-state index in [1.54, 1.807) is 0 Å². The van der Waals surface area contributed by atoms with Crippen molar-refractivity contribution in [3.05, 3.63) is 16.1 Å². The van der Waals surface area contributed by atoms with E-state index in [0.29, 0.717) is 0 Å². The predicted octanol–water partition coefficient (Wildman–Crippen LogP) is 3.01. The fraction of sp³-hybridized carbons (Fsp3) is 0.812. The van der Waals surface area contributed by atoms with Crippen molar-refractivity contribution in [2.24, 2.45) is 5.92 Å². The lowest BCUT2D eigenvalue weighted by molar-refractivity contribution is 0.250. The summed E-state index contributed by atoms with van der Waals surface area (Å²) in [6, 6.07) is 0.722. The molecule has 0 radical (unpaired) electrons. The van der Waals surface area contributed by atoms with Crippen LogP contribution in [0.25, 0.3) is 0 Å².